The van der Waals surface area contributed by atoms with Gasteiger partial charge in [-0.25, -0.2) is 0 Å². The number of benzene rings is 3. The Morgan fingerprint density at radius 3 is 2.54 bits per heavy atom. The lowest BCUT2D eigenvalue weighted by Crippen LogP contribution is -2.29. The minimum absolute atomic E-state index is 0.0495. The van der Waals surface area contributed by atoms with Crippen molar-refractivity contribution in [2.24, 2.45) is 0 Å². The van der Waals surface area contributed by atoms with Crippen LogP contribution in [0.15, 0.2) is 72.9 Å². The number of amides is 2. The second-order valence-electron chi connectivity index (χ2n) is 9.57. The summed E-state index contributed by atoms with van der Waals surface area (Å²) in [7, 11) is 0. The summed E-state index contributed by atoms with van der Waals surface area (Å²) >= 11 is 0. The normalized spacial score (nSPS) is 13.1. The standard InChI is InChI=1S/C30H25N5O2/c1-2-17-16-31-24-9-10-27-21(28(17)24)11-12-35(27)30(37)26-15-19-13-20(7-8-23(19)34-26)32-29(36)25-14-18-5-3-4-6-22(18)33-25/h3-10,13-16,31,33-34H,2,11-12H2,1H3,(H,32,36). The first-order chi connectivity index (χ1) is 18.1. The smallest absolute Gasteiger partial charge is 0.274 e. The van der Waals surface area contributed by atoms with Gasteiger partial charge in [-0.1, -0.05) is 25.1 Å². The monoisotopic (exact) mass is 487 g/mol. The molecule has 0 saturated heterocycles. The first-order valence-corrected chi connectivity index (χ1v) is 12.5. The molecular formula is C30H25N5O2. The highest BCUT2D eigenvalue weighted by molar-refractivity contribution is 6.11. The zero-order valence-electron chi connectivity index (χ0n) is 20.3. The Bertz CT molecular complexity index is 1820. The van der Waals surface area contributed by atoms with Gasteiger partial charge in [-0.3, -0.25) is 9.59 Å². The molecule has 7 nitrogen and oxygen atoms in total. The molecule has 3 aromatic carbocycles. The number of para-hydroxylation sites is 1. The summed E-state index contributed by atoms with van der Waals surface area (Å²) in [6, 6.07) is 21.2. The topological polar surface area (TPSA) is 96.8 Å². The van der Waals surface area contributed by atoms with Crippen molar-refractivity contribution in [2.45, 2.75) is 19.8 Å². The number of aromatic amines is 3. The lowest BCUT2D eigenvalue weighted by Gasteiger charge is -2.16. The van der Waals surface area contributed by atoms with Crippen LogP contribution in [0, 0.1) is 0 Å². The molecule has 1 aliphatic heterocycles. The molecule has 0 aliphatic carbocycles. The minimum Gasteiger partial charge on any atom is -0.361 e. The summed E-state index contributed by atoms with van der Waals surface area (Å²) in [5.74, 6) is -0.259. The average molecular weight is 488 g/mol. The van der Waals surface area contributed by atoms with Crippen LogP contribution < -0.4 is 10.2 Å². The van der Waals surface area contributed by atoms with Crippen LogP contribution >= 0.6 is 0 Å². The van der Waals surface area contributed by atoms with Gasteiger partial charge in [-0.2, -0.15) is 0 Å². The zero-order chi connectivity index (χ0) is 25.1. The largest absolute Gasteiger partial charge is 0.361 e. The van der Waals surface area contributed by atoms with E-state index >= 15 is 0 Å². The second kappa shape index (κ2) is 8.13. The van der Waals surface area contributed by atoms with E-state index in [0.717, 1.165) is 45.9 Å². The molecule has 0 spiro atoms. The van der Waals surface area contributed by atoms with Crippen molar-refractivity contribution >= 4 is 55.9 Å². The van der Waals surface area contributed by atoms with Crippen LogP contribution in [0.1, 0.15) is 39.0 Å². The third-order valence-electron chi connectivity index (χ3n) is 7.40. The molecular weight excluding hydrogens is 462 g/mol. The van der Waals surface area contributed by atoms with Gasteiger partial charge < -0.3 is 25.2 Å². The number of H-pyrrole nitrogens is 3. The number of carbonyl (C=O) groups excluding carboxylic acids is 2. The van der Waals surface area contributed by atoms with Gasteiger partial charge in [0.25, 0.3) is 11.8 Å². The van der Waals surface area contributed by atoms with Gasteiger partial charge in [0.05, 0.1) is 0 Å². The minimum atomic E-state index is -0.210. The Morgan fingerprint density at radius 1 is 0.892 bits per heavy atom. The summed E-state index contributed by atoms with van der Waals surface area (Å²) in [6.07, 6.45) is 3.86. The molecule has 6 aromatic rings. The predicted octanol–water partition coefficient (Wildman–Crippen LogP) is 6.15. The maximum Gasteiger partial charge on any atom is 0.274 e. The van der Waals surface area contributed by atoms with Crippen LogP contribution in [-0.2, 0) is 12.8 Å². The number of aromatic nitrogens is 3. The molecule has 4 N–H and O–H groups in total. The van der Waals surface area contributed by atoms with E-state index in [0.29, 0.717) is 23.6 Å². The van der Waals surface area contributed by atoms with Gasteiger partial charge in [0.1, 0.15) is 11.4 Å². The van der Waals surface area contributed by atoms with Gasteiger partial charge >= 0.3 is 0 Å². The second-order valence-corrected chi connectivity index (χ2v) is 9.57. The fraction of sp³-hybridized carbons (Fsp3) is 0.133. The first kappa shape index (κ1) is 21.5. The molecule has 182 valence electrons. The van der Waals surface area contributed by atoms with E-state index in [4.69, 9.17) is 0 Å². The van der Waals surface area contributed by atoms with E-state index in [1.165, 1.54) is 16.5 Å². The van der Waals surface area contributed by atoms with E-state index in [-0.39, 0.29) is 11.8 Å². The highest BCUT2D eigenvalue weighted by Crippen LogP contribution is 2.37. The molecule has 0 fully saturated rings. The van der Waals surface area contributed by atoms with Crippen LogP contribution in [0.5, 0.6) is 0 Å². The van der Waals surface area contributed by atoms with Gasteiger partial charge in [-0.05, 0) is 72.5 Å². The van der Waals surface area contributed by atoms with Crippen molar-refractivity contribution < 1.29 is 9.59 Å². The van der Waals surface area contributed by atoms with Crippen molar-refractivity contribution in [2.75, 3.05) is 16.8 Å². The number of aryl methyl sites for hydroxylation is 1. The van der Waals surface area contributed by atoms with E-state index in [1.54, 1.807) is 0 Å². The number of anilines is 2. The number of fused-ring (bicyclic) bond motifs is 5. The fourth-order valence-corrected chi connectivity index (χ4v) is 5.57. The first-order valence-electron chi connectivity index (χ1n) is 12.5. The van der Waals surface area contributed by atoms with Crippen molar-refractivity contribution in [1.82, 2.24) is 15.0 Å². The van der Waals surface area contributed by atoms with Crippen LogP contribution in [0.25, 0.3) is 32.7 Å². The average Bonchev–Trinajstić information content (AvgIpc) is 3.70. The van der Waals surface area contributed by atoms with E-state index in [9.17, 15) is 9.59 Å². The van der Waals surface area contributed by atoms with E-state index in [1.807, 2.05) is 65.6 Å². The summed E-state index contributed by atoms with van der Waals surface area (Å²) in [4.78, 5) is 38.0. The molecule has 2 amide bonds. The predicted molar refractivity (Wildman–Crippen MR) is 148 cm³/mol. The summed E-state index contributed by atoms with van der Waals surface area (Å²) in [6.45, 7) is 2.81. The molecule has 3 aromatic heterocycles. The molecule has 0 radical (unpaired) electrons. The molecule has 4 heterocycles. The summed E-state index contributed by atoms with van der Waals surface area (Å²) < 4.78 is 0. The lowest BCUT2D eigenvalue weighted by molar-refractivity contribution is 0.0983. The molecule has 1 aliphatic rings. The molecule has 37 heavy (non-hydrogen) atoms. The maximum absolute atomic E-state index is 13.6. The van der Waals surface area contributed by atoms with Crippen molar-refractivity contribution in [1.29, 1.82) is 0 Å². The summed E-state index contributed by atoms with van der Waals surface area (Å²) in [5.41, 5.74) is 8.10. The number of carbonyl (C=O) groups is 2. The quantitative estimate of drug-likeness (QED) is 0.240. The molecule has 0 atom stereocenters. The van der Waals surface area contributed by atoms with Gasteiger partial charge in [0.2, 0.25) is 0 Å². The van der Waals surface area contributed by atoms with Crippen LogP contribution in [0.3, 0.4) is 0 Å². The lowest BCUT2D eigenvalue weighted by atomic mass is 10.0. The fourth-order valence-electron chi connectivity index (χ4n) is 5.57. The van der Waals surface area contributed by atoms with Crippen molar-refractivity contribution in [3.63, 3.8) is 0 Å². The van der Waals surface area contributed by atoms with Gasteiger partial charge in [0.15, 0.2) is 0 Å². The third-order valence-corrected chi connectivity index (χ3v) is 7.40. The molecule has 0 unspecified atom stereocenters. The number of nitrogens with one attached hydrogen (secondary N) is 4. The Labute approximate surface area is 212 Å². The molecule has 7 rings (SSSR count). The number of hydrogen-bond acceptors (Lipinski definition) is 2. The van der Waals surface area contributed by atoms with Gasteiger partial charge in [-0.15, -0.1) is 0 Å². The Hall–Kier alpha value is -4.78. The van der Waals surface area contributed by atoms with Crippen molar-refractivity contribution in [3.8, 4) is 0 Å². The maximum atomic E-state index is 13.6. The Morgan fingerprint density at radius 2 is 1.68 bits per heavy atom. The molecule has 0 bridgehead atoms. The number of rotatable bonds is 4. The highest BCUT2D eigenvalue weighted by Gasteiger charge is 2.29. The highest BCUT2D eigenvalue weighted by atomic mass is 16.2. The molecule has 7 heteroatoms. The van der Waals surface area contributed by atoms with E-state index < -0.39 is 0 Å². The third kappa shape index (κ3) is 3.42. The zero-order valence-corrected chi connectivity index (χ0v) is 20.3. The Balaban J connectivity index is 1.16. The van der Waals surface area contributed by atoms with Gasteiger partial charge in [0, 0.05) is 56.8 Å². The van der Waals surface area contributed by atoms with Crippen molar-refractivity contribution in [3.05, 3.63) is 95.4 Å². The van der Waals surface area contributed by atoms with E-state index in [2.05, 4.69) is 39.5 Å². The molecule has 0 saturated carbocycles. The number of hydrogen-bond donors (Lipinski definition) is 4. The number of nitrogens with zero attached hydrogens (tertiary/aromatic N) is 1. The Kier molecular flexibility index (Phi) is 4.72. The van der Waals surface area contributed by atoms with Crippen LogP contribution in [0.2, 0.25) is 0 Å². The van der Waals surface area contributed by atoms with Crippen LogP contribution in [0.4, 0.5) is 11.4 Å². The summed E-state index contributed by atoms with van der Waals surface area (Å²) in [5, 5.41) is 6.07. The van der Waals surface area contributed by atoms with Crippen LogP contribution in [-0.4, -0.2) is 33.3 Å². The SMILES string of the molecule is CCc1c[nH]c2ccc3c(c12)CCN3C(=O)c1cc2cc(NC(=O)c3cc4ccccc4[nH]3)ccc2[nH]1.